The summed E-state index contributed by atoms with van der Waals surface area (Å²) in [6.45, 7) is 11.2. The van der Waals surface area contributed by atoms with Gasteiger partial charge < -0.3 is 5.32 Å². The maximum absolute atomic E-state index is 11.8. The van der Waals surface area contributed by atoms with Crippen molar-refractivity contribution in [1.82, 2.24) is 5.32 Å². The van der Waals surface area contributed by atoms with Gasteiger partial charge in [-0.3, -0.25) is 4.79 Å². The molecule has 1 atom stereocenters. The predicted molar refractivity (Wildman–Crippen MR) is 70.7 cm³/mol. The summed E-state index contributed by atoms with van der Waals surface area (Å²) in [5.74, 6) is 1.34. The first-order chi connectivity index (χ1) is 7.30. The number of carbonyl (C=O) groups is 1. The van der Waals surface area contributed by atoms with Crippen molar-refractivity contribution in [2.45, 2.75) is 47.5 Å². The summed E-state index contributed by atoms with van der Waals surface area (Å²) in [6.07, 6.45) is 2.05. The molecule has 96 valence electrons. The summed E-state index contributed by atoms with van der Waals surface area (Å²) >= 11 is 5.67. The minimum absolute atomic E-state index is 0.0869. The van der Waals surface area contributed by atoms with Gasteiger partial charge in [-0.1, -0.05) is 34.6 Å². The van der Waals surface area contributed by atoms with Gasteiger partial charge >= 0.3 is 0 Å². The van der Waals surface area contributed by atoms with E-state index in [1.807, 2.05) is 6.92 Å². The average molecular weight is 248 g/mol. The molecule has 0 saturated heterocycles. The van der Waals surface area contributed by atoms with E-state index < -0.39 is 0 Å². The van der Waals surface area contributed by atoms with E-state index in [4.69, 9.17) is 11.6 Å². The first-order valence-corrected chi connectivity index (χ1v) is 6.67. The van der Waals surface area contributed by atoms with Crippen molar-refractivity contribution in [2.24, 2.45) is 17.3 Å². The summed E-state index contributed by atoms with van der Waals surface area (Å²) < 4.78 is 0. The molecule has 1 N–H and O–H groups in total. The summed E-state index contributed by atoms with van der Waals surface area (Å²) in [5, 5.41) is 3.03. The maximum Gasteiger partial charge on any atom is 0.223 e. The van der Waals surface area contributed by atoms with Crippen molar-refractivity contribution < 1.29 is 4.79 Å². The highest BCUT2D eigenvalue weighted by molar-refractivity contribution is 6.17. The molecule has 0 bridgehead atoms. The lowest BCUT2D eigenvalue weighted by molar-refractivity contribution is -0.126. The molecule has 0 rings (SSSR count). The van der Waals surface area contributed by atoms with Gasteiger partial charge in [0, 0.05) is 18.3 Å². The molecule has 0 aliphatic rings. The highest BCUT2D eigenvalue weighted by Crippen LogP contribution is 2.21. The Balaban J connectivity index is 3.99. The van der Waals surface area contributed by atoms with Crippen molar-refractivity contribution in [2.75, 3.05) is 12.4 Å². The van der Waals surface area contributed by atoms with Gasteiger partial charge in [0.05, 0.1) is 0 Å². The van der Waals surface area contributed by atoms with Crippen LogP contribution in [0, 0.1) is 17.3 Å². The zero-order valence-corrected chi connectivity index (χ0v) is 12.0. The van der Waals surface area contributed by atoms with Crippen molar-refractivity contribution in [3.8, 4) is 0 Å². The number of amides is 1. The number of hydrogen-bond donors (Lipinski definition) is 1. The lowest BCUT2D eigenvalue weighted by Crippen LogP contribution is -2.38. The Kier molecular flexibility index (Phi) is 7.05. The van der Waals surface area contributed by atoms with Gasteiger partial charge in [-0.2, -0.15) is 0 Å². The fourth-order valence-corrected chi connectivity index (χ4v) is 1.56. The number of nitrogens with one attached hydrogen (secondary N) is 1. The Labute approximate surface area is 105 Å². The molecule has 0 aromatic rings. The molecular weight excluding hydrogens is 222 g/mol. The molecule has 0 aromatic carbocycles. The molecule has 1 amide bonds. The minimum atomic E-state index is 0.0869. The predicted octanol–water partition coefficient (Wildman–Crippen LogP) is 3.44. The molecule has 0 spiro atoms. The van der Waals surface area contributed by atoms with Gasteiger partial charge in [0.25, 0.3) is 0 Å². The summed E-state index contributed by atoms with van der Waals surface area (Å²) in [6, 6.07) is 0. The maximum atomic E-state index is 11.8. The van der Waals surface area contributed by atoms with E-state index in [1.165, 1.54) is 0 Å². The lowest BCUT2D eigenvalue weighted by Gasteiger charge is -2.26. The van der Waals surface area contributed by atoms with Crippen LogP contribution in [0.2, 0.25) is 0 Å². The molecule has 0 aliphatic carbocycles. The van der Waals surface area contributed by atoms with E-state index in [-0.39, 0.29) is 17.2 Å². The molecule has 2 nitrogen and oxygen atoms in total. The number of rotatable bonds is 7. The second-order valence-electron chi connectivity index (χ2n) is 5.71. The molecule has 0 fully saturated rings. The SMILES string of the molecule is CC(C)C(C)C(=O)NCC(C)(C)CCCCl. The fraction of sp³-hybridized carbons (Fsp3) is 0.923. The van der Waals surface area contributed by atoms with E-state index in [1.54, 1.807) is 0 Å². The number of alkyl halides is 1. The molecule has 0 aliphatic heterocycles. The normalized spacial score (nSPS) is 13.9. The molecule has 0 heterocycles. The lowest BCUT2D eigenvalue weighted by atomic mass is 9.87. The zero-order chi connectivity index (χ0) is 12.8. The van der Waals surface area contributed by atoms with Crippen molar-refractivity contribution in [1.29, 1.82) is 0 Å². The molecule has 0 aromatic heterocycles. The third-order valence-electron chi connectivity index (χ3n) is 3.14. The summed E-state index contributed by atoms with van der Waals surface area (Å²) in [4.78, 5) is 11.8. The van der Waals surface area contributed by atoms with Crippen LogP contribution in [-0.4, -0.2) is 18.3 Å². The van der Waals surface area contributed by atoms with E-state index in [2.05, 4.69) is 33.0 Å². The van der Waals surface area contributed by atoms with Crippen molar-refractivity contribution in [3.63, 3.8) is 0 Å². The fourth-order valence-electron chi connectivity index (χ4n) is 1.42. The topological polar surface area (TPSA) is 29.1 Å². The summed E-state index contributed by atoms with van der Waals surface area (Å²) in [7, 11) is 0. The Morgan fingerprint density at radius 2 is 1.88 bits per heavy atom. The first kappa shape index (κ1) is 15.8. The molecule has 0 saturated carbocycles. The van der Waals surface area contributed by atoms with Crippen LogP contribution >= 0.6 is 11.6 Å². The standard InChI is InChI=1S/C13H26ClNO/c1-10(2)11(3)12(16)15-9-13(4,5)7-6-8-14/h10-11H,6-9H2,1-5H3,(H,15,16). The number of halogens is 1. The van der Waals surface area contributed by atoms with Crippen LogP contribution in [-0.2, 0) is 4.79 Å². The molecule has 16 heavy (non-hydrogen) atoms. The highest BCUT2D eigenvalue weighted by Gasteiger charge is 2.21. The van der Waals surface area contributed by atoms with Crippen LogP contribution < -0.4 is 5.32 Å². The Morgan fingerprint density at radius 1 is 1.31 bits per heavy atom. The second kappa shape index (κ2) is 7.16. The molecule has 0 radical (unpaired) electrons. The Hall–Kier alpha value is -0.240. The van der Waals surface area contributed by atoms with Gasteiger partial charge in [0.1, 0.15) is 0 Å². The first-order valence-electron chi connectivity index (χ1n) is 6.14. The van der Waals surface area contributed by atoms with Crippen LogP contribution in [0.3, 0.4) is 0 Å². The third-order valence-corrected chi connectivity index (χ3v) is 3.41. The zero-order valence-electron chi connectivity index (χ0n) is 11.3. The highest BCUT2D eigenvalue weighted by atomic mass is 35.5. The van der Waals surface area contributed by atoms with E-state index in [0.29, 0.717) is 11.8 Å². The molecule has 1 unspecified atom stereocenters. The molecular formula is C13H26ClNO. The van der Waals surface area contributed by atoms with Gasteiger partial charge in [-0.05, 0) is 24.2 Å². The quantitative estimate of drug-likeness (QED) is 0.686. The van der Waals surface area contributed by atoms with Crippen LogP contribution in [0.1, 0.15) is 47.5 Å². The molecule has 3 heteroatoms. The smallest absolute Gasteiger partial charge is 0.223 e. The van der Waals surface area contributed by atoms with Gasteiger partial charge in [-0.25, -0.2) is 0 Å². The Morgan fingerprint density at radius 3 is 2.31 bits per heavy atom. The van der Waals surface area contributed by atoms with Gasteiger partial charge in [0.15, 0.2) is 0 Å². The second-order valence-corrected chi connectivity index (χ2v) is 6.09. The minimum Gasteiger partial charge on any atom is -0.355 e. The van der Waals surface area contributed by atoms with E-state index >= 15 is 0 Å². The van der Waals surface area contributed by atoms with E-state index in [0.717, 1.165) is 19.4 Å². The van der Waals surface area contributed by atoms with Gasteiger partial charge in [-0.15, -0.1) is 11.6 Å². The third kappa shape index (κ3) is 6.37. The monoisotopic (exact) mass is 247 g/mol. The van der Waals surface area contributed by atoms with E-state index in [9.17, 15) is 4.79 Å². The number of carbonyl (C=O) groups excluding carboxylic acids is 1. The number of hydrogen-bond acceptors (Lipinski definition) is 1. The van der Waals surface area contributed by atoms with Crippen LogP contribution in [0.25, 0.3) is 0 Å². The Bertz CT molecular complexity index is 214. The van der Waals surface area contributed by atoms with Crippen LogP contribution in [0.15, 0.2) is 0 Å². The average Bonchev–Trinajstić information content (AvgIpc) is 2.22. The van der Waals surface area contributed by atoms with Crippen LogP contribution in [0.5, 0.6) is 0 Å². The van der Waals surface area contributed by atoms with Crippen molar-refractivity contribution >= 4 is 17.5 Å². The van der Waals surface area contributed by atoms with Crippen LogP contribution in [0.4, 0.5) is 0 Å². The van der Waals surface area contributed by atoms with Crippen molar-refractivity contribution in [3.05, 3.63) is 0 Å². The largest absolute Gasteiger partial charge is 0.355 e. The van der Waals surface area contributed by atoms with Gasteiger partial charge in [0.2, 0.25) is 5.91 Å². The summed E-state index contributed by atoms with van der Waals surface area (Å²) in [5.41, 5.74) is 0.140.